The third-order valence-electron chi connectivity index (χ3n) is 5.11. The van der Waals surface area contributed by atoms with Gasteiger partial charge in [-0.25, -0.2) is 0 Å². The molecule has 28 heavy (non-hydrogen) atoms. The van der Waals surface area contributed by atoms with E-state index in [0.717, 1.165) is 46.4 Å². The molecule has 0 amide bonds. The first-order valence-electron chi connectivity index (χ1n) is 9.27. The number of carbonyl (C=O) groups excluding carboxylic acids is 1. The Labute approximate surface area is 166 Å². The van der Waals surface area contributed by atoms with Gasteiger partial charge in [0.05, 0.1) is 28.0 Å². The Morgan fingerprint density at radius 2 is 2.04 bits per heavy atom. The minimum absolute atomic E-state index is 0.0700. The van der Waals surface area contributed by atoms with E-state index in [9.17, 15) is 4.79 Å². The summed E-state index contributed by atoms with van der Waals surface area (Å²) < 4.78 is 0. The highest BCUT2D eigenvalue weighted by Gasteiger charge is 2.14. The van der Waals surface area contributed by atoms with Crippen LogP contribution in [0.5, 0.6) is 0 Å². The number of hydrogen-bond donors (Lipinski definition) is 1. The molecule has 4 aromatic rings. The molecule has 0 saturated carbocycles. The molecule has 5 nitrogen and oxygen atoms in total. The van der Waals surface area contributed by atoms with Gasteiger partial charge in [0.2, 0.25) is 0 Å². The van der Waals surface area contributed by atoms with Gasteiger partial charge in [-0.3, -0.25) is 9.78 Å². The number of aromatic nitrogens is 3. The van der Waals surface area contributed by atoms with Crippen molar-refractivity contribution in [2.24, 2.45) is 0 Å². The first-order chi connectivity index (χ1) is 13.8. The second-order valence-corrected chi connectivity index (χ2v) is 7.87. The minimum Gasteiger partial charge on any atom is -0.312 e. The Balaban J connectivity index is 1.42. The molecule has 2 aromatic heterocycles. The van der Waals surface area contributed by atoms with Crippen molar-refractivity contribution in [3.05, 3.63) is 76.6 Å². The molecule has 6 heteroatoms. The molecule has 0 bridgehead atoms. The summed E-state index contributed by atoms with van der Waals surface area (Å²) in [6, 6.07) is 14.1. The Morgan fingerprint density at radius 1 is 1.07 bits per heavy atom. The molecule has 0 radical (unpaired) electrons. The molecule has 0 saturated heterocycles. The number of rotatable bonds is 4. The molecule has 138 valence electrons. The van der Waals surface area contributed by atoms with E-state index < -0.39 is 0 Å². The van der Waals surface area contributed by atoms with Gasteiger partial charge in [0.25, 0.3) is 0 Å². The lowest BCUT2D eigenvalue weighted by Gasteiger charge is -2.17. The highest BCUT2D eigenvalue weighted by molar-refractivity contribution is 7.13. The van der Waals surface area contributed by atoms with Crippen LogP contribution >= 0.6 is 11.3 Å². The standard InChI is InChI=1S/C22H18N4OS/c27-21(15-2-1-14-5-6-23-11-18(14)7-15)10-19-9-17-8-16(22-12-24-13-28-22)3-4-20(17)26-25-19/h1-4,7-9,12-13,23H,5-6,10-11H2. The summed E-state index contributed by atoms with van der Waals surface area (Å²) in [6.45, 7) is 1.82. The van der Waals surface area contributed by atoms with Gasteiger partial charge < -0.3 is 5.32 Å². The number of hydrogen-bond acceptors (Lipinski definition) is 6. The van der Waals surface area contributed by atoms with Gasteiger partial charge in [0.1, 0.15) is 0 Å². The van der Waals surface area contributed by atoms with Crippen molar-refractivity contribution in [1.29, 1.82) is 0 Å². The molecular formula is C22H18N4OS. The lowest BCUT2D eigenvalue weighted by Crippen LogP contribution is -2.24. The van der Waals surface area contributed by atoms with Crippen molar-refractivity contribution >= 4 is 28.0 Å². The van der Waals surface area contributed by atoms with Gasteiger partial charge in [-0.1, -0.05) is 18.2 Å². The number of Topliss-reactive ketones (excluding diaryl/α,β-unsaturated/α-hetero) is 1. The van der Waals surface area contributed by atoms with Crippen molar-refractivity contribution in [3.63, 3.8) is 0 Å². The van der Waals surface area contributed by atoms with Crippen LogP contribution in [0.2, 0.25) is 0 Å². The zero-order chi connectivity index (χ0) is 18.9. The first-order valence-corrected chi connectivity index (χ1v) is 10.2. The topological polar surface area (TPSA) is 67.8 Å². The predicted octanol–water partition coefficient (Wildman–Crippen LogP) is 3.82. The van der Waals surface area contributed by atoms with Crippen LogP contribution in [0.25, 0.3) is 21.3 Å². The highest BCUT2D eigenvalue weighted by Crippen LogP contribution is 2.26. The maximum Gasteiger partial charge on any atom is 0.168 e. The van der Waals surface area contributed by atoms with Gasteiger partial charge >= 0.3 is 0 Å². The third kappa shape index (κ3) is 3.32. The molecule has 0 spiro atoms. The van der Waals surface area contributed by atoms with Crippen LogP contribution < -0.4 is 5.32 Å². The predicted molar refractivity (Wildman–Crippen MR) is 111 cm³/mol. The molecular weight excluding hydrogens is 368 g/mol. The zero-order valence-corrected chi connectivity index (χ0v) is 16.0. The molecule has 2 aromatic carbocycles. The number of benzene rings is 2. The maximum absolute atomic E-state index is 12.8. The summed E-state index contributed by atoms with van der Waals surface area (Å²) in [5.41, 5.74) is 7.72. The van der Waals surface area contributed by atoms with Gasteiger partial charge in [-0.2, -0.15) is 10.2 Å². The summed E-state index contributed by atoms with van der Waals surface area (Å²) >= 11 is 1.60. The van der Waals surface area contributed by atoms with Crippen molar-refractivity contribution in [2.75, 3.05) is 6.54 Å². The number of nitrogens with zero attached hydrogens (tertiary/aromatic N) is 3. The molecule has 0 unspecified atom stereocenters. The van der Waals surface area contributed by atoms with Crippen molar-refractivity contribution in [3.8, 4) is 10.4 Å². The SMILES string of the molecule is O=C(Cc1cc2cc(-c3cncs3)ccc2nn1)c1ccc2c(c1)CNCC2. The number of nitrogens with one attached hydrogen (secondary N) is 1. The van der Waals surface area contributed by atoms with Crippen LogP contribution in [0.4, 0.5) is 0 Å². The van der Waals surface area contributed by atoms with Gasteiger partial charge in [0.15, 0.2) is 5.78 Å². The fourth-order valence-electron chi connectivity index (χ4n) is 3.61. The largest absolute Gasteiger partial charge is 0.312 e. The van der Waals surface area contributed by atoms with Gasteiger partial charge in [-0.15, -0.1) is 11.3 Å². The number of ketones is 1. The van der Waals surface area contributed by atoms with Crippen molar-refractivity contribution < 1.29 is 4.79 Å². The first kappa shape index (κ1) is 17.2. The van der Waals surface area contributed by atoms with E-state index in [1.807, 2.05) is 42.0 Å². The second kappa shape index (κ2) is 7.22. The van der Waals surface area contributed by atoms with Crippen LogP contribution in [0, 0.1) is 0 Å². The van der Waals surface area contributed by atoms with E-state index in [0.29, 0.717) is 5.69 Å². The molecule has 5 rings (SSSR count). The third-order valence-corrected chi connectivity index (χ3v) is 5.93. The van der Waals surface area contributed by atoms with Crippen LogP contribution in [0.15, 0.2) is 54.2 Å². The lowest BCUT2D eigenvalue weighted by atomic mass is 9.96. The number of thiazole rings is 1. The van der Waals surface area contributed by atoms with Crippen LogP contribution in [-0.2, 0) is 19.4 Å². The fraction of sp³-hybridized carbons (Fsp3) is 0.182. The van der Waals surface area contributed by atoms with Gasteiger partial charge in [0, 0.05) is 23.7 Å². The summed E-state index contributed by atoms with van der Waals surface area (Å²) in [4.78, 5) is 18.0. The minimum atomic E-state index is 0.0700. The van der Waals surface area contributed by atoms with Crippen molar-refractivity contribution in [1.82, 2.24) is 20.5 Å². The Kier molecular flexibility index (Phi) is 4.43. The van der Waals surface area contributed by atoms with Crippen LogP contribution in [-0.4, -0.2) is 27.5 Å². The lowest BCUT2D eigenvalue weighted by molar-refractivity contribution is 0.0991. The quantitative estimate of drug-likeness (QED) is 0.540. The summed E-state index contributed by atoms with van der Waals surface area (Å²) in [7, 11) is 0. The van der Waals surface area contributed by atoms with Gasteiger partial charge in [-0.05, 0) is 53.9 Å². The molecule has 0 aliphatic carbocycles. The normalized spacial score (nSPS) is 13.4. The van der Waals surface area contributed by atoms with E-state index in [2.05, 4.69) is 32.6 Å². The Morgan fingerprint density at radius 3 is 2.93 bits per heavy atom. The highest BCUT2D eigenvalue weighted by atomic mass is 32.1. The number of carbonyl (C=O) groups is 1. The summed E-state index contributed by atoms with van der Waals surface area (Å²) in [6.07, 6.45) is 3.12. The van der Waals surface area contributed by atoms with E-state index in [1.54, 1.807) is 11.3 Å². The van der Waals surface area contributed by atoms with E-state index in [1.165, 1.54) is 11.1 Å². The molecule has 3 heterocycles. The van der Waals surface area contributed by atoms with Crippen molar-refractivity contribution in [2.45, 2.75) is 19.4 Å². The van der Waals surface area contributed by atoms with Crippen LogP contribution in [0.3, 0.4) is 0 Å². The molecule has 1 N–H and O–H groups in total. The van der Waals surface area contributed by atoms with Crippen LogP contribution in [0.1, 0.15) is 27.2 Å². The molecule has 1 aliphatic rings. The second-order valence-electron chi connectivity index (χ2n) is 6.99. The molecule has 1 aliphatic heterocycles. The Bertz CT molecular complexity index is 1170. The monoisotopic (exact) mass is 386 g/mol. The molecule has 0 atom stereocenters. The number of fused-ring (bicyclic) bond motifs is 2. The summed E-state index contributed by atoms with van der Waals surface area (Å²) in [5, 5.41) is 12.9. The smallest absolute Gasteiger partial charge is 0.168 e. The average Bonchev–Trinajstić information content (AvgIpc) is 3.28. The van der Waals surface area contributed by atoms with E-state index >= 15 is 0 Å². The fourth-order valence-corrected chi connectivity index (χ4v) is 4.23. The van der Waals surface area contributed by atoms with E-state index in [4.69, 9.17) is 0 Å². The zero-order valence-electron chi connectivity index (χ0n) is 15.2. The summed E-state index contributed by atoms with van der Waals surface area (Å²) in [5.74, 6) is 0.0700. The maximum atomic E-state index is 12.8. The average molecular weight is 386 g/mol. The Hall–Kier alpha value is -2.96. The molecule has 0 fully saturated rings. The van der Waals surface area contributed by atoms with E-state index in [-0.39, 0.29) is 12.2 Å².